The fourth-order valence-electron chi connectivity index (χ4n) is 1.87. The number of nitrogens with zero attached hydrogens (tertiary/aromatic N) is 3. The minimum Gasteiger partial charge on any atom is -0.360 e. The smallest absolute Gasteiger partial charge is 0.229 e. The highest BCUT2D eigenvalue weighted by Crippen LogP contribution is 2.22. The van der Waals surface area contributed by atoms with E-state index in [0.29, 0.717) is 5.82 Å². The van der Waals surface area contributed by atoms with E-state index in [0.717, 1.165) is 31.5 Å². The van der Waals surface area contributed by atoms with Crippen molar-refractivity contribution in [2.24, 2.45) is 0 Å². The average Bonchev–Trinajstić information content (AvgIpc) is 2.53. The molecule has 0 aliphatic rings. The Morgan fingerprint density at radius 2 is 1.91 bits per heavy atom. The second kappa shape index (κ2) is 7.11. The molecule has 7 heteroatoms. The first-order chi connectivity index (χ1) is 10.5. The largest absolute Gasteiger partial charge is 0.360 e. The molecule has 1 heterocycles. The Labute approximate surface area is 127 Å². The van der Waals surface area contributed by atoms with Gasteiger partial charge in [-0.05, 0) is 24.6 Å². The Kier molecular flexibility index (Phi) is 5.19. The van der Waals surface area contributed by atoms with Crippen LogP contribution in [0.5, 0.6) is 0 Å². The fraction of sp³-hybridized carbons (Fsp3) is 0.333. The summed E-state index contributed by atoms with van der Waals surface area (Å²) in [5, 5.41) is 2.56. The van der Waals surface area contributed by atoms with E-state index in [1.54, 1.807) is 6.07 Å². The zero-order valence-corrected chi connectivity index (χ0v) is 12.4. The minimum absolute atomic E-state index is 0.116. The van der Waals surface area contributed by atoms with Crippen LogP contribution in [0.4, 0.5) is 30.6 Å². The maximum Gasteiger partial charge on any atom is 0.229 e. The standard InChI is InChI=1S/C15H17F3N4/c1-3-4-9-22(2)12-7-8-19-15(21-12)20-11-6-5-10(16)13(17)14(11)18/h5-8H,3-4,9H2,1-2H3,(H,19,20,21). The van der Waals surface area contributed by atoms with Crippen LogP contribution in [0, 0.1) is 17.5 Å². The van der Waals surface area contributed by atoms with Gasteiger partial charge >= 0.3 is 0 Å². The zero-order valence-electron chi connectivity index (χ0n) is 12.4. The van der Waals surface area contributed by atoms with Crippen LogP contribution < -0.4 is 10.2 Å². The first kappa shape index (κ1) is 16.1. The summed E-state index contributed by atoms with van der Waals surface area (Å²) in [6, 6.07) is 3.67. The fourth-order valence-corrected chi connectivity index (χ4v) is 1.87. The minimum atomic E-state index is -1.53. The molecule has 0 spiro atoms. The summed E-state index contributed by atoms with van der Waals surface area (Å²) < 4.78 is 39.7. The molecule has 118 valence electrons. The van der Waals surface area contributed by atoms with E-state index in [1.165, 1.54) is 6.20 Å². The van der Waals surface area contributed by atoms with Gasteiger partial charge in [0.1, 0.15) is 5.82 Å². The molecular formula is C15H17F3N4. The van der Waals surface area contributed by atoms with Crippen LogP contribution in [0.15, 0.2) is 24.4 Å². The van der Waals surface area contributed by atoms with E-state index in [4.69, 9.17) is 0 Å². The van der Waals surface area contributed by atoms with Crippen LogP contribution in [0.1, 0.15) is 19.8 Å². The van der Waals surface area contributed by atoms with Gasteiger partial charge in [0.05, 0.1) is 5.69 Å². The lowest BCUT2D eigenvalue weighted by Crippen LogP contribution is -2.20. The van der Waals surface area contributed by atoms with Gasteiger partial charge in [-0.15, -0.1) is 0 Å². The molecule has 4 nitrogen and oxygen atoms in total. The summed E-state index contributed by atoms with van der Waals surface area (Å²) in [4.78, 5) is 10.1. The van der Waals surface area contributed by atoms with E-state index in [-0.39, 0.29) is 11.6 Å². The molecule has 0 unspecified atom stereocenters. The number of hydrogen-bond donors (Lipinski definition) is 1. The summed E-state index contributed by atoms with van der Waals surface area (Å²) in [5.41, 5.74) is -0.215. The molecule has 0 atom stereocenters. The van der Waals surface area contributed by atoms with E-state index in [9.17, 15) is 13.2 Å². The number of hydrogen-bond acceptors (Lipinski definition) is 4. The summed E-state index contributed by atoms with van der Waals surface area (Å²) in [6.07, 6.45) is 3.59. The van der Waals surface area contributed by atoms with Gasteiger partial charge < -0.3 is 10.2 Å². The van der Waals surface area contributed by atoms with E-state index in [2.05, 4.69) is 22.2 Å². The van der Waals surface area contributed by atoms with Crippen molar-refractivity contribution in [3.8, 4) is 0 Å². The van der Waals surface area contributed by atoms with Crippen LogP contribution in [-0.4, -0.2) is 23.6 Å². The molecule has 1 aromatic heterocycles. The predicted octanol–water partition coefficient (Wildman–Crippen LogP) is 3.87. The molecule has 1 aromatic carbocycles. The molecule has 0 fully saturated rings. The third-order valence-electron chi connectivity index (χ3n) is 3.16. The summed E-state index contributed by atoms with van der Waals surface area (Å²) in [5.74, 6) is -3.29. The predicted molar refractivity (Wildman–Crippen MR) is 79.8 cm³/mol. The lowest BCUT2D eigenvalue weighted by Gasteiger charge is -2.18. The zero-order chi connectivity index (χ0) is 16.1. The topological polar surface area (TPSA) is 41.1 Å². The highest BCUT2D eigenvalue weighted by atomic mass is 19.2. The summed E-state index contributed by atoms with van der Waals surface area (Å²) in [6.45, 7) is 2.92. The SMILES string of the molecule is CCCCN(C)c1ccnc(Nc2ccc(F)c(F)c2F)n1. The molecule has 0 aliphatic heterocycles. The van der Waals surface area contributed by atoms with Gasteiger partial charge in [-0.25, -0.2) is 18.2 Å². The van der Waals surface area contributed by atoms with Crippen LogP contribution in [0.3, 0.4) is 0 Å². The van der Waals surface area contributed by atoms with Gasteiger partial charge in [-0.3, -0.25) is 0 Å². The van der Waals surface area contributed by atoms with Gasteiger partial charge in [-0.2, -0.15) is 4.98 Å². The van der Waals surface area contributed by atoms with Crippen LogP contribution in [0.25, 0.3) is 0 Å². The number of nitrogens with one attached hydrogen (secondary N) is 1. The third-order valence-corrected chi connectivity index (χ3v) is 3.16. The van der Waals surface area contributed by atoms with Gasteiger partial charge in [0.15, 0.2) is 17.5 Å². The highest BCUT2D eigenvalue weighted by molar-refractivity contribution is 5.56. The normalized spacial score (nSPS) is 10.6. The molecule has 0 saturated heterocycles. The molecule has 2 aromatic rings. The first-order valence-corrected chi connectivity index (χ1v) is 6.97. The molecule has 0 radical (unpaired) electrons. The molecule has 1 N–H and O–H groups in total. The number of unbranched alkanes of at least 4 members (excludes halogenated alkanes) is 1. The quantitative estimate of drug-likeness (QED) is 0.822. The molecule has 22 heavy (non-hydrogen) atoms. The maximum absolute atomic E-state index is 13.6. The van der Waals surface area contributed by atoms with Gasteiger partial charge in [0.25, 0.3) is 0 Å². The van der Waals surface area contributed by atoms with Crippen molar-refractivity contribution in [3.63, 3.8) is 0 Å². The maximum atomic E-state index is 13.6. The van der Waals surface area contributed by atoms with Crippen molar-refractivity contribution < 1.29 is 13.2 Å². The summed E-state index contributed by atoms with van der Waals surface area (Å²) in [7, 11) is 1.89. The number of benzene rings is 1. The molecule has 2 rings (SSSR count). The Balaban J connectivity index is 2.19. The number of anilines is 3. The molecule has 0 bridgehead atoms. The van der Waals surface area contributed by atoms with Crippen molar-refractivity contribution in [2.45, 2.75) is 19.8 Å². The van der Waals surface area contributed by atoms with E-state index >= 15 is 0 Å². The van der Waals surface area contributed by atoms with Crippen LogP contribution in [0.2, 0.25) is 0 Å². The van der Waals surface area contributed by atoms with E-state index in [1.807, 2.05) is 11.9 Å². The van der Waals surface area contributed by atoms with Crippen LogP contribution in [-0.2, 0) is 0 Å². The van der Waals surface area contributed by atoms with E-state index < -0.39 is 17.5 Å². The Hall–Kier alpha value is -2.31. The Bertz CT molecular complexity index is 649. The van der Waals surface area contributed by atoms with Crippen molar-refractivity contribution in [1.29, 1.82) is 0 Å². The second-order valence-electron chi connectivity index (χ2n) is 4.86. The second-order valence-corrected chi connectivity index (χ2v) is 4.86. The Morgan fingerprint density at radius 1 is 1.14 bits per heavy atom. The van der Waals surface area contributed by atoms with Crippen molar-refractivity contribution >= 4 is 17.5 Å². The Morgan fingerprint density at radius 3 is 2.64 bits per heavy atom. The number of aromatic nitrogens is 2. The summed E-state index contributed by atoms with van der Waals surface area (Å²) >= 11 is 0. The third kappa shape index (κ3) is 3.66. The van der Waals surface area contributed by atoms with Gasteiger partial charge in [0, 0.05) is 19.8 Å². The average molecular weight is 310 g/mol. The van der Waals surface area contributed by atoms with Crippen molar-refractivity contribution in [3.05, 3.63) is 41.8 Å². The molecule has 0 saturated carbocycles. The van der Waals surface area contributed by atoms with Gasteiger partial charge in [-0.1, -0.05) is 13.3 Å². The van der Waals surface area contributed by atoms with Gasteiger partial charge in [0.2, 0.25) is 5.95 Å². The lowest BCUT2D eigenvalue weighted by molar-refractivity contribution is 0.449. The highest BCUT2D eigenvalue weighted by Gasteiger charge is 2.14. The van der Waals surface area contributed by atoms with Crippen molar-refractivity contribution in [1.82, 2.24) is 9.97 Å². The monoisotopic (exact) mass is 310 g/mol. The lowest BCUT2D eigenvalue weighted by atomic mass is 10.3. The van der Waals surface area contributed by atoms with Crippen molar-refractivity contribution in [2.75, 3.05) is 23.8 Å². The molecule has 0 amide bonds. The van der Waals surface area contributed by atoms with Crippen LogP contribution >= 0.6 is 0 Å². The first-order valence-electron chi connectivity index (χ1n) is 6.97. The number of rotatable bonds is 6. The molecular weight excluding hydrogens is 293 g/mol. The number of halogens is 3. The molecule has 0 aliphatic carbocycles.